The number of pyridine rings is 1. The van der Waals surface area contributed by atoms with Crippen molar-refractivity contribution in [2.75, 3.05) is 13.3 Å². The smallest absolute Gasteiger partial charge is 0.231 e. The lowest BCUT2D eigenvalue weighted by Crippen LogP contribution is -2.17. The highest BCUT2D eigenvalue weighted by Crippen LogP contribution is 2.37. The average Bonchev–Trinajstić information content (AvgIpc) is 3.42. The number of benzene rings is 2. The molecule has 0 fully saturated rings. The molecule has 2 aromatic heterocycles. The average molecular weight is 423 g/mol. The molecule has 0 bridgehead atoms. The Balaban J connectivity index is 1.41. The van der Waals surface area contributed by atoms with Crippen molar-refractivity contribution in [3.8, 4) is 22.8 Å². The quantitative estimate of drug-likeness (QED) is 0.406. The number of fused-ring (bicyclic) bond motifs is 2. The predicted octanol–water partition coefficient (Wildman–Crippen LogP) is 5.68. The van der Waals surface area contributed by atoms with E-state index in [1.165, 1.54) is 0 Å². The van der Waals surface area contributed by atoms with Gasteiger partial charge in [-0.3, -0.25) is 0 Å². The number of ether oxygens (including phenoxy) is 2. The van der Waals surface area contributed by atoms with Crippen LogP contribution in [-0.2, 0) is 13.0 Å². The molecule has 0 amide bonds. The third-order valence-corrected chi connectivity index (χ3v) is 6.08. The van der Waals surface area contributed by atoms with Gasteiger partial charge in [0.2, 0.25) is 6.79 Å². The number of nitrogens with zero attached hydrogens (tertiary/aromatic N) is 1. The van der Waals surface area contributed by atoms with Crippen molar-refractivity contribution in [2.45, 2.75) is 13.0 Å². The molecule has 1 aliphatic rings. The van der Waals surface area contributed by atoms with Gasteiger partial charge in [-0.05, 0) is 53.7 Å². The van der Waals surface area contributed by atoms with Crippen molar-refractivity contribution in [1.29, 1.82) is 0 Å². The zero-order valence-corrected chi connectivity index (χ0v) is 17.2. The standard InChI is InChI=1S/C23H19ClN2O2S/c24-19-4-2-1-3-15(19)5-7-25-12-18-9-17-10-21-22(28-14-27-21)11-20(17)26-23(18)16-6-8-29-13-16/h1-4,6,8-11,13,25H,5,7,12,14H2. The van der Waals surface area contributed by atoms with Crippen molar-refractivity contribution in [1.82, 2.24) is 10.3 Å². The lowest BCUT2D eigenvalue weighted by molar-refractivity contribution is 0.174. The Morgan fingerprint density at radius 2 is 1.90 bits per heavy atom. The predicted molar refractivity (Wildman–Crippen MR) is 118 cm³/mol. The summed E-state index contributed by atoms with van der Waals surface area (Å²) >= 11 is 7.94. The number of hydrogen-bond donors (Lipinski definition) is 1. The summed E-state index contributed by atoms with van der Waals surface area (Å²) in [4.78, 5) is 4.96. The second-order valence-corrected chi connectivity index (χ2v) is 8.11. The molecule has 4 nitrogen and oxygen atoms in total. The minimum atomic E-state index is 0.263. The second kappa shape index (κ2) is 8.03. The molecule has 0 saturated heterocycles. The summed E-state index contributed by atoms with van der Waals surface area (Å²) in [6, 6.07) is 16.3. The molecule has 2 aromatic carbocycles. The minimum Gasteiger partial charge on any atom is -0.454 e. The van der Waals surface area contributed by atoms with Crippen molar-refractivity contribution >= 4 is 33.8 Å². The third-order valence-electron chi connectivity index (χ3n) is 5.03. The van der Waals surface area contributed by atoms with Crippen LogP contribution < -0.4 is 14.8 Å². The van der Waals surface area contributed by atoms with Crippen molar-refractivity contribution in [2.24, 2.45) is 0 Å². The fourth-order valence-corrected chi connectivity index (χ4v) is 4.41. The summed E-state index contributed by atoms with van der Waals surface area (Å²) in [7, 11) is 0. The number of rotatable bonds is 6. The molecule has 3 heterocycles. The van der Waals surface area contributed by atoms with E-state index >= 15 is 0 Å². The van der Waals surface area contributed by atoms with Gasteiger partial charge in [0.25, 0.3) is 0 Å². The van der Waals surface area contributed by atoms with Crippen LogP contribution >= 0.6 is 22.9 Å². The van der Waals surface area contributed by atoms with E-state index in [0.29, 0.717) is 0 Å². The number of thiophene rings is 1. The first-order valence-electron chi connectivity index (χ1n) is 9.48. The van der Waals surface area contributed by atoms with Gasteiger partial charge in [-0.1, -0.05) is 29.8 Å². The molecule has 146 valence electrons. The molecule has 6 heteroatoms. The lowest BCUT2D eigenvalue weighted by atomic mass is 10.0. The Labute approximate surface area is 178 Å². The van der Waals surface area contributed by atoms with Crippen LogP contribution in [0.3, 0.4) is 0 Å². The molecule has 0 saturated carbocycles. The van der Waals surface area contributed by atoms with Crippen LogP contribution in [0.5, 0.6) is 11.5 Å². The highest BCUT2D eigenvalue weighted by atomic mass is 35.5. The van der Waals surface area contributed by atoms with Crippen LogP contribution in [0.15, 0.2) is 59.3 Å². The van der Waals surface area contributed by atoms with Crippen molar-refractivity contribution < 1.29 is 9.47 Å². The van der Waals surface area contributed by atoms with E-state index in [-0.39, 0.29) is 6.79 Å². The molecule has 29 heavy (non-hydrogen) atoms. The Kier molecular flexibility index (Phi) is 5.10. The van der Waals surface area contributed by atoms with Crippen LogP contribution in [0.2, 0.25) is 5.02 Å². The second-order valence-electron chi connectivity index (χ2n) is 6.92. The van der Waals surface area contributed by atoms with Gasteiger partial charge in [-0.25, -0.2) is 4.98 Å². The SMILES string of the molecule is Clc1ccccc1CCNCc1cc2cc3c(cc2nc1-c1ccsc1)OCO3. The van der Waals surface area contributed by atoms with Crippen molar-refractivity contribution in [3.05, 3.63) is 75.4 Å². The molecular formula is C23H19ClN2O2S. The molecule has 4 aromatic rings. The largest absolute Gasteiger partial charge is 0.454 e. The summed E-state index contributed by atoms with van der Waals surface area (Å²) in [5.41, 5.74) is 5.37. The maximum atomic E-state index is 6.27. The number of aromatic nitrogens is 1. The van der Waals surface area contributed by atoms with E-state index in [2.05, 4.69) is 34.3 Å². The molecule has 0 radical (unpaired) electrons. The first-order chi connectivity index (χ1) is 14.3. The van der Waals surface area contributed by atoms with Gasteiger partial charge in [0.1, 0.15) is 0 Å². The molecule has 0 atom stereocenters. The molecule has 1 N–H and O–H groups in total. The van der Waals surface area contributed by atoms with E-state index in [4.69, 9.17) is 26.1 Å². The van der Waals surface area contributed by atoms with E-state index in [9.17, 15) is 0 Å². The van der Waals surface area contributed by atoms with Crippen molar-refractivity contribution in [3.63, 3.8) is 0 Å². The van der Waals surface area contributed by atoms with Gasteiger partial charge in [-0.2, -0.15) is 11.3 Å². The number of halogens is 1. The van der Waals surface area contributed by atoms with Gasteiger partial charge in [-0.15, -0.1) is 0 Å². The van der Waals surface area contributed by atoms with E-state index in [1.54, 1.807) is 11.3 Å². The van der Waals surface area contributed by atoms with Crippen LogP contribution in [0, 0.1) is 0 Å². The third kappa shape index (κ3) is 3.81. The Morgan fingerprint density at radius 1 is 1.03 bits per heavy atom. The molecule has 0 unspecified atom stereocenters. The monoisotopic (exact) mass is 422 g/mol. The molecular weight excluding hydrogens is 404 g/mol. The van der Waals surface area contributed by atoms with E-state index in [0.717, 1.165) is 69.3 Å². The maximum absolute atomic E-state index is 6.27. The zero-order valence-electron chi connectivity index (χ0n) is 15.7. The fraction of sp³-hybridized carbons (Fsp3) is 0.174. The summed E-state index contributed by atoms with van der Waals surface area (Å²) in [5.74, 6) is 1.53. The van der Waals surface area contributed by atoms with Crippen LogP contribution in [-0.4, -0.2) is 18.3 Å². The topological polar surface area (TPSA) is 43.4 Å². The van der Waals surface area contributed by atoms with E-state index < -0.39 is 0 Å². The fourth-order valence-electron chi connectivity index (χ4n) is 3.54. The summed E-state index contributed by atoms with van der Waals surface area (Å²) in [5, 5.41) is 9.63. The highest BCUT2D eigenvalue weighted by molar-refractivity contribution is 7.08. The summed E-state index contributed by atoms with van der Waals surface area (Å²) in [6.45, 7) is 1.83. The summed E-state index contributed by atoms with van der Waals surface area (Å²) < 4.78 is 11.0. The molecule has 5 rings (SSSR count). The maximum Gasteiger partial charge on any atom is 0.231 e. The van der Waals surface area contributed by atoms with Gasteiger partial charge in [0.05, 0.1) is 11.2 Å². The minimum absolute atomic E-state index is 0.263. The highest BCUT2D eigenvalue weighted by Gasteiger charge is 2.17. The zero-order chi connectivity index (χ0) is 19.6. The Hall–Kier alpha value is -2.60. The van der Waals surface area contributed by atoms with Gasteiger partial charge >= 0.3 is 0 Å². The first kappa shape index (κ1) is 18.4. The van der Waals surface area contributed by atoms with Crippen LogP contribution in [0.1, 0.15) is 11.1 Å². The Bertz CT molecular complexity index is 1160. The summed E-state index contributed by atoms with van der Waals surface area (Å²) in [6.07, 6.45) is 0.882. The Morgan fingerprint density at radius 3 is 2.72 bits per heavy atom. The van der Waals surface area contributed by atoms with Crippen LogP contribution in [0.25, 0.3) is 22.2 Å². The van der Waals surface area contributed by atoms with E-state index in [1.807, 2.05) is 30.3 Å². The molecule has 1 aliphatic heterocycles. The normalized spacial score (nSPS) is 12.6. The number of hydrogen-bond acceptors (Lipinski definition) is 5. The van der Waals surface area contributed by atoms with Gasteiger partial charge in [0.15, 0.2) is 11.5 Å². The van der Waals surface area contributed by atoms with Crippen LogP contribution in [0.4, 0.5) is 0 Å². The molecule has 0 spiro atoms. The van der Waals surface area contributed by atoms with Gasteiger partial charge in [0, 0.05) is 34.0 Å². The van der Waals surface area contributed by atoms with Gasteiger partial charge < -0.3 is 14.8 Å². The number of nitrogens with one attached hydrogen (secondary N) is 1. The molecule has 0 aliphatic carbocycles. The lowest BCUT2D eigenvalue weighted by Gasteiger charge is -2.12. The first-order valence-corrected chi connectivity index (χ1v) is 10.8.